The molecule has 0 atom stereocenters. The first-order valence-corrected chi connectivity index (χ1v) is 7.58. The van der Waals surface area contributed by atoms with E-state index in [1.807, 2.05) is 30.3 Å². The van der Waals surface area contributed by atoms with E-state index >= 15 is 0 Å². The van der Waals surface area contributed by atoms with Gasteiger partial charge in [-0.3, -0.25) is 4.79 Å². The molecule has 1 saturated carbocycles. The lowest BCUT2D eigenvalue weighted by Gasteiger charge is -2.19. The highest BCUT2D eigenvalue weighted by atomic mass is 16.6. The maximum Gasteiger partial charge on any atom is 0.363 e. The van der Waals surface area contributed by atoms with Crippen molar-refractivity contribution in [1.82, 2.24) is 0 Å². The number of carbonyl (C=O) groups is 2. The van der Waals surface area contributed by atoms with Crippen molar-refractivity contribution >= 4 is 17.5 Å². The van der Waals surface area contributed by atoms with Crippen LogP contribution in [0, 0.1) is 5.92 Å². The molecule has 1 aromatic rings. The van der Waals surface area contributed by atoms with Crippen molar-refractivity contribution in [3.63, 3.8) is 0 Å². The van der Waals surface area contributed by atoms with Crippen LogP contribution in [0.25, 0.3) is 0 Å². The van der Waals surface area contributed by atoms with Crippen molar-refractivity contribution < 1.29 is 19.2 Å². The largest absolute Gasteiger partial charge is 0.464 e. The van der Waals surface area contributed by atoms with Crippen molar-refractivity contribution in [2.45, 2.75) is 38.7 Å². The fraction of sp³-hybridized carbons (Fsp3) is 0.471. The zero-order chi connectivity index (χ0) is 15.8. The van der Waals surface area contributed by atoms with E-state index in [0.717, 1.165) is 37.7 Å². The Balaban J connectivity index is 2.03. The molecule has 0 bridgehead atoms. The second kappa shape index (κ2) is 8.32. The van der Waals surface area contributed by atoms with E-state index < -0.39 is 5.97 Å². The highest BCUT2D eigenvalue weighted by Gasteiger charge is 2.30. The Morgan fingerprint density at radius 1 is 1.14 bits per heavy atom. The molecule has 0 saturated heterocycles. The number of rotatable bonds is 6. The highest BCUT2D eigenvalue weighted by molar-refractivity contribution is 6.64. The van der Waals surface area contributed by atoms with E-state index in [1.54, 1.807) is 0 Å². The van der Waals surface area contributed by atoms with E-state index in [2.05, 4.69) is 9.89 Å². The molecule has 0 aliphatic heterocycles. The first-order chi connectivity index (χ1) is 10.7. The van der Waals surface area contributed by atoms with Crippen LogP contribution >= 0.6 is 0 Å². The summed E-state index contributed by atoms with van der Waals surface area (Å²) in [5, 5.41) is 3.76. The van der Waals surface area contributed by atoms with Crippen molar-refractivity contribution in [2.75, 3.05) is 7.11 Å². The van der Waals surface area contributed by atoms with Gasteiger partial charge in [-0.1, -0.05) is 54.8 Å². The quantitative estimate of drug-likeness (QED) is 0.351. The van der Waals surface area contributed by atoms with Crippen LogP contribution in [-0.4, -0.2) is 24.6 Å². The van der Waals surface area contributed by atoms with E-state index in [1.165, 1.54) is 7.11 Å². The summed E-state index contributed by atoms with van der Waals surface area (Å²) in [5.41, 5.74) is 0.686. The van der Waals surface area contributed by atoms with Gasteiger partial charge in [0.05, 0.1) is 7.11 Å². The number of nitrogens with zero attached hydrogens (tertiary/aromatic N) is 1. The fourth-order valence-electron chi connectivity index (χ4n) is 2.58. The molecule has 2 rings (SSSR count). The number of hydrogen-bond donors (Lipinski definition) is 0. The van der Waals surface area contributed by atoms with Crippen molar-refractivity contribution in [1.29, 1.82) is 0 Å². The number of benzene rings is 1. The van der Waals surface area contributed by atoms with E-state index in [-0.39, 0.29) is 24.0 Å². The number of ketones is 1. The lowest BCUT2D eigenvalue weighted by Crippen LogP contribution is -2.32. The lowest BCUT2D eigenvalue weighted by molar-refractivity contribution is -0.134. The van der Waals surface area contributed by atoms with Gasteiger partial charge in [0.1, 0.15) is 6.61 Å². The Morgan fingerprint density at radius 3 is 2.45 bits per heavy atom. The summed E-state index contributed by atoms with van der Waals surface area (Å²) in [4.78, 5) is 29.4. The number of hydrogen-bond acceptors (Lipinski definition) is 5. The Hall–Kier alpha value is -2.17. The van der Waals surface area contributed by atoms with Gasteiger partial charge in [-0.25, -0.2) is 4.79 Å². The normalized spacial score (nSPS) is 16.1. The molecule has 5 heteroatoms. The van der Waals surface area contributed by atoms with Crippen LogP contribution in [0.15, 0.2) is 35.5 Å². The van der Waals surface area contributed by atoms with Crippen molar-refractivity contribution in [3.8, 4) is 0 Å². The number of ether oxygens (including phenoxy) is 1. The standard InChI is InChI=1S/C17H21NO4/c1-21-17(20)15(16(19)14-10-6-3-7-11-14)18-22-12-13-8-4-2-5-9-13/h2,4-5,8-9,14H,3,6-7,10-12H2,1H3/b18-15+. The number of methoxy groups -OCH3 is 1. The van der Waals surface area contributed by atoms with Crippen molar-refractivity contribution in [2.24, 2.45) is 11.1 Å². The molecule has 0 heterocycles. The molecular weight excluding hydrogens is 282 g/mol. The minimum absolute atomic E-state index is 0.146. The Labute approximate surface area is 130 Å². The number of carbonyl (C=O) groups excluding carboxylic acids is 2. The van der Waals surface area contributed by atoms with Crippen LogP contribution in [-0.2, 0) is 25.8 Å². The molecule has 0 aromatic heterocycles. The number of oxime groups is 1. The molecule has 1 aliphatic carbocycles. The summed E-state index contributed by atoms with van der Waals surface area (Å²) >= 11 is 0. The molecule has 5 nitrogen and oxygen atoms in total. The molecule has 0 amide bonds. The zero-order valence-corrected chi connectivity index (χ0v) is 12.8. The minimum Gasteiger partial charge on any atom is -0.464 e. The third-order valence-corrected chi connectivity index (χ3v) is 3.82. The van der Waals surface area contributed by atoms with Gasteiger partial charge in [0, 0.05) is 5.92 Å². The Kier molecular flexibility index (Phi) is 6.13. The molecule has 1 fully saturated rings. The summed E-state index contributed by atoms with van der Waals surface area (Å²) in [6.45, 7) is 0.208. The SMILES string of the molecule is COC(=O)/C(=N/OCc1ccccc1)C(=O)C1CCCCC1. The van der Waals surface area contributed by atoms with Gasteiger partial charge in [-0.05, 0) is 18.4 Å². The molecular formula is C17H21NO4. The van der Waals surface area contributed by atoms with Crippen LogP contribution in [0.1, 0.15) is 37.7 Å². The third kappa shape index (κ3) is 4.41. The van der Waals surface area contributed by atoms with Crippen LogP contribution in [0.2, 0.25) is 0 Å². The first kappa shape index (κ1) is 16.2. The van der Waals surface area contributed by atoms with Gasteiger partial charge in [0.15, 0.2) is 5.78 Å². The van der Waals surface area contributed by atoms with Crippen molar-refractivity contribution in [3.05, 3.63) is 35.9 Å². The summed E-state index contributed by atoms with van der Waals surface area (Å²) in [5.74, 6) is -1.14. The maximum atomic E-state index is 12.4. The predicted molar refractivity (Wildman–Crippen MR) is 82.3 cm³/mol. The van der Waals surface area contributed by atoms with Gasteiger partial charge in [0.2, 0.25) is 5.71 Å². The molecule has 1 aromatic carbocycles. The van der Waals surface area contributed by atoms with E-state index in [0.29, 0.717) is 0 Å². The second-order valence-corrected chi connectivity index (χ2v) is 5.39. The zero-order valence-electron chi connectivity index (χ0n) is 12.8. The molecule has 1 aliphatic rings. The average Bonchev–Trinajstić information content (AvgIpc) is 2.59. The molecule has 0 N–H and O–H groups in total. The topological polar surface area (TPSA) is 65.0 Å². The van der Waals surface area contributed by atoms with Crippen LogP contribution in [0.3, 0.4) is 0 Å². The fourth-order valence-corrected chi connectivity index (χ4v) is 2.58. The lowest BCUT2D eigenvalue weighted by atomic mass is 9.84. The van der Waals surface area contributed by atoms with E-state index in [9.17, 15) is 9.59 Å². The predicted octanol–water partition coefficient (Wildman–Crippen LogP) is 2.88. The second-order valence-electron chi connectivity index (χ2n) is 5.39. The molecule has 0 spiro atoms. The summed E-state index contributed by atoms with van der Waals surface area (Å²) in [7, 11) is 1.24. The number of Topliss-reactive ketones (excluding diaryl/α,β-unsaturated/α-hetero) is 1. The van der Waals surface area contributed by atoms with Crippen LogP contribution in [0.5, 0.6) is 0 Å². The molecule has 118 valence electrons. The Bertz CT molecular complexity index is 533. The monoisotopic (exact) mass is 303 g/mol. The summed E-state index contributed by atoms with van der Waals surface area (Å²) in [6.07, 6.45) is 4.76. The summed E-state index contributed by atoms with van der Waals surface area (Å²) < 4.78 is 4.66. The van der Waals surface area contributed by atoms with Gasteiger partial charge in [-0.2, -0.15) is 0 Å². The van der Waals surface area contributed by atoms with E-state index in [4.69, 9.17) is 4.84 Å². The van der Waals surface area contributed by atoms with Gasteiger partial charge < -0.3 is 9.57 Å². The van der Waals surface area contributed by atoms with Gasteiger partial charge in [-0.15, -0.1) is 0 Å². The maximum absolute atomic E-state index is 12.4. The first-order valence-electron chi connectivity index (χ1n) is 7.58. The summed E-state index contributed by atoms with van der Waals surface area (Å²) in [6, 6.07) is 9.44. The average molecular weight is 303 g/mol. The van der Waals surface area contributed by atoms with Crippen LogP contribution in [0.4, 0.5) is 0 Å². The van der Waals surface area contributed by atoms with Gasteiger partial charge >= 0.3 is 5.97 Å². The molecule has 0 radical (unpaired) electrons. The van der Waals surface area contributed by atoms with Gasteiger partial charge in [0.25, 0.3) is 0 Å². The molecule has 22 heavy (non-hydrogen) atoms. The molecule has 0 unspecified atom stereocenters. The van der Waals surface area contributed by atoms with Crippen LogP contribution < -0.4 is 0 Å². The smallest absolute Gasteiger partial charge is 0.363 e. The minimum atomic E-state index is -0.733. The number of esters is 1. The highest BCUT2D eigenvalue weighted by Crippen LogP contribution is 2.25. The Morgan fingerprint density at radius 2 is 1.82 bits per heavy atom. The third-order valence-electron chi connectivity index (χ3n) is 3.82.